The van der Waals surface area contributed by atoms with Crippen LogP contribution in [0.2, 0.25) is 0 Å². The average Bonchev–Trinajstić information content (AvgIpc) is 3.22. The number of thiazole rings is 1. The Bertz CT molecular complexity index is 1050. The Morgan fingerprint density at radius 2 is 2.23 bits per heavy atom. The van der Waals surface area contributed by atoms with E-state index in [4.69, 9.17) is 5.73 Å². The molecule has 1 saturated heterocycles. The van der Waals surface area contributed by atoms with E-state index in [9.17, 15) is 13.6 Å². The van der Waals surface area contributed by atoms with Gasteiger partial charge in [0.05, 0.1) is 25.0 Å². The lowest BCUT2D eigenvalue weighted by atomic mass is 10.3. The van der Waals surface area contributed by atoms with Gasteiger partial charge in [-0.15, -0.1) is 0 Å². The van der Waals surface area contributed by atoms with Crippen molar-refractivity contribution in [2.75, 3.05) is 42.1 Å². The Morgan fingerprint density at radius 1 is 1.40 bits per heavy atom. The van der Waals surface area contributed by atoms with Gasteiger partial charge in [-0.2, -0.15) is 5.10 Å². The molecular weight excluding hydrogens is 414 g/mol. The molecule has 0 saturated carbocycles. The van der Waals surface area contributed by atoms with Gasteiger partial charge in [0.15, 0.2) is 11.5 Å². The van der Waals surface area contributed by atoms with Crippen molar-refractivity contribution in [3.05, 3.63) is 36.3 Å². The van der Waals surface area contributed by atoms with Gasteiger partial charge in [-0.3, -0.25) is 14.5 Å². The van der Waals surface area contributed by atoms with Crippen LogP contribution in [0.15, 0.2) is 30.6 Å². The Balaban J connectivity index is 1.59. The third-order valence-corrected chi connectivity index (χ3v) is 5.48. The normalized spacial score (nSPS) is 16.3. The van der Waals surface area contributed by atoms with Crippen LogP contribution in [0.25, 0.3) is 10.7 Å². The summed E-state index contributed by atoms with van der Waals surface area (Å²) in [5.41, 5.74) is 6.98. The molecule has 0 bridgehead atoms. The van der Waals surface area contributed by atoms with Crippen molar-refractivity contribution >= 4 is 33.8 Å². The molecule has 4 rings (SSSR count). The number of alkyl halides is 2. The maximum Gasteiger partial charge on any atom is 0.277 e. The highest BCUT2D eigenvalue weighted by Gasteiger charge is 2.35. The van der Waals surface area contributed by atoms with Gasteiger partial charge in [0.2, 0.25) is 0 Å². The molecule has 1 aliphatic heterocycles. The number of hydrogen-bond acceptors (Lipinski definition) is 8. The number of nitrogens with two attached hydrogens (primary N) is 1. The summed E-state index contributed by atoms with van der Waals surface area (Å²) < 4.78 is 29.6. The molecular formula is C18H20F2N8OS. The van der Waals surface area contributed by atoms with E-state index in [2.05, 4.69) is 25.7 Å². The van der Waals surface area contributed by atoms with Crippen molar-refractivity contribution in [1.82, 2.24) is 25.1 Å². The van der Waals surface area contributed by atoms with E-state index in [0.29, 0.717) is 35.3 Å². The average molecular weight is 434 g/mol. The first-order valence-electron chi connectivity index (χ1n) is 9.18. The number of carbonyl (C=O) groups is 1. The zero-order valence-electron chi connectivity index (χ0n) is 16.1. The number of nitrogen functional groups attached to an aromatic ring is 1. The molecule has 158 valence electrons. The quantitative estimate of drug-likeness (QED) is 0.574. The standard InChI is InChI=1S/C18H20F2N8OS/c1-27-17(28-7-6-22-9-18(19,20)10-28)12(8-24-27)25-15(29)13-14(21)30-16(26-13)11-4-2-3-5-23-11/h2-5,8,22H,6-7,9-10,21H2,1H3,(H,25,29). The molecule has 0 aromatic carbocycles. The summed E-state index contributed by atoms with van der Waals surface area (Å²) in [7, 11) is 1.64. The molecule has 0 unspecified atom stereocenters. The second kappa shape index (κ2) is 7.95. The number of aromatic nitrogens is 4. The van der Waals surface area contributed by atoms with Crippen LogP contribution >= 0.6 is 11.3 Å². The van der Waals surface area contributed by atoms with Crippen molar-refractivity contribution in [1.29, 1.82) is 0 Å². The third-order valence-electron chi connectivity index (χ3n) is 4.57. The summed E-state index contributed by atoms with van der Waals surface area (Å²) >= 11 is 1.15. The van der Waals surface area contributed by atoms with E-state index in [1.54, 1.807) is 25.4 Å². The largest absolute Gasteiger partial charge is 0.389 e. The number of hydrogen-bond donors (Lipinski definition) is 3. The highest BCUT2D eigenvalue weighted by molar-refractivity contribution is 7.19. The van der Waals surface area contributed by atoms with E-state index in [1.165, 1.54) is 15.8 Å². The van der Waals surface area contributed by atoms with E-state index < -0.39 is 24.9 Å². The van der Waals surface area contributed by atoms with Crippen molar-refractivity contribution < 1.29 is 13.6 Å². The molecule has 0 radical (unpaired) electrons. The summed E-state index contributed by atoms with van der Waals surface area (Å²) in [5.74, 6) is -3.05. The van der Waals surface area contributed by atoms with Gasteiger partial charge in [0.25, 0.3) is 11.8 Å². The lowest BCUT2D eigenvalue weighted by Crippen LogP contribution is -2.39. The minimum Gasteiger partial charge on any atom is -0.389 e. The number of carbonyl (C=O) groups excluding carboxylic acids is 1. The van der Waals surface area contributed by atoms with Gasteiger partial charge in [-0.05, 0) is 12.1 Å². The van der Waals surface area contributed by atoms with Gasteiger partial charge >= 0.3 is 0 Å². The van der Waals surface area contributed by atoms with E-state index >= 15 is 0 Å². The summed E-state index contributed by atoms with van der Waals surface area (Å²) in [6, 6.07) is 5.36. The lowest BCUT2D eigenvalue weighted by molar-refractivity contribution is 0.0155. The number of pyridine rings is 1. The minimum atomic E-state index is -2.90. The molecule has 4 heterocycles. The number of anilines is 3. The number of aryl methyl sites for hydroxylation is 1. The zero-order valence-corrected chi connectivity index (χ0v) is 16.9. The van der Waals surface area contributed by atoms with Crippen LogP contribution in [0.3, 0.4) is 0 Å². The molecule has 3 aromatic heterocycles. The number of amides is 1. The third kappa shape index (κ3) is 4.09. The molecule has 0 aliphatic carbocycles. The molecule has 1 aliphatic rings. The van der Waals surface area contributed by atoms with Gasteiger partial charge < -0.3 is 21.3 Å². The lowest BCUT2D eigenvalue weighted by Gasteiger charge is -2.26. The predicted molar refractivity (Wildman–Crippen MR) is 111 cm³/mol. The highest BCUT2D eigenvalue weighted by atomic mass is 32.1. The van der Waals surface area contributed by atoms with Crippen LogP contribution in [0.4, 0.5) is 25.3 Å². The summed E-state index contributed by atoms with van der Waals surface area (Å²) in [6.07, 6.45) is 3.05. The monoisotopic (exact) mass is 434 g/mol. The van der Waals surface area contributed by atoms with Crippen molar-refractivity contribution in [2.45, 2.75) is 5.92 Å². The summed E-state index contributed by atoms with van der Waals surface area (Å²) in [5, 5.41) is 10.3. The van der Waals surface area contributed by atoms with Crippen molar-refractivity contribution in [2.24, 2.45) is 7.05 Å². The molecule has 4 N–H and O–H groups in total. The van der Waals surface area contributed by atoms with Crippen LogP contribution in [0.5, 0.6) is 0 Å². The first kappa shape index (κ1) is 20.2. The SMILES string of the molecule is Cn1ncc(NC(=O)c2nc(-c3ccccn3)sc2N)c1N1CCNCC(F)(F)C1. The first-order chi connectivity index (χ1) is 14.3. The van der Waals surface area contributed by atoms with E-state index in [0.717, 1.165) is 11.3 Å². The van der Waals surface area contributed by atoms with Crippen LogP contribution < -0.4 is 21.3 Å². The molecule has 30 heavy (non-hydrogen) atoms. The van der Waals surface area contributed by atoms with Gasteiger partial charge in [-0.25, -0.2) is 13.8 Å². The second-order valence-corrected chi connectivity index (χ2v) is 7.89. The van der Waals surface area contributed by atoms with Gasteiger partial charge in [-0.1, -0.05) is 17.4 Å². The fraction of sp³-hybridized carbons (Fsp3) is 0.333. The first-order valence-corrected chi connectivity index (χ1v) is 10.0. The van der Waals surface area contributed by atoms with E-state index in [-0.39, 0.29) is 10.7 Å². The second-order valence-electron chi connectivity index (χ2n) is 6.86. The molecule has 1 fully saturated rings. The van der Waals surface area contributed by atoms with Crippen LogP contribution in [0, 0.1) is 0 Å². The minimum absolute atomic E-state index is 0.0540. The zero-order chi connectivity index (χ0) is 21.3. The number of nitrogens with one attached hydrogen (secondary N) is 2. The van der Waals surface area contributed by atoms with E-state index in [1.807, 2.05) is 6.07 Å². The smallest absolute Gasteiger partial charge is 0.277 e. The fourth-order valence-electron chi connectivity index (χ4n) is 3.25. The Kier molecular flexibility index (Phi) is 5.35. The van der Waals surface area contributed by atoms with Crippen molar-refractivity contribution in [3.63, 3.8) is 0 Å². The van der Waals surface area contributed by atoms with Crippen LogP contribution in [-0.4, -0.2) is 57.8 Å². The predicted octanol–water partition coefficient (Wildman–Crippen LogP) is 1.82. The Morgan fingerprint density at radius 3 is 3.00 bits per heavy atom. The van der Waals surface area contributed by atoms with Crippen LogP contribution in [-0.2, 0) is 7.05 Å². The van der Waals surface area contributed by atoms with Crippen molar-refractivity contribution in [3.8, 4) is 10.7 Å². The number of nitrogens with zero attached hydrogens (tertiary/aromatic N) is 5. The Hall–Kier alpha value is -3.12. The highest BCUT2D eigenvalue weighted by Crippen LogP contribution is 2.32. The maximum absolute atomic E-state index is 14.1. The van der Waals surface area contributed by atoms with Gasteiger partial charge in [0.1, 0.15) is 15.7 Å². The number of rotatable bonds is 4. The fourth-order valence-corrected chi connectivity index (χ4v) is 4.06. The Labute approximate surface area is 174 Å². The molecule has 0 atom stereocenters. The molecule has 0 spiro atoms. The molecule has 3 aromatic rings. The van der Waals surface area contributed by atoms with Gasteiger partial charge in [0, 0.05) is 26.3 Å². The number of halogens is 2. The van der Waals surface area contributed by atoms with Crippen LogP contribution in [0.1, 0.15) is 10.5 Å². The molecule has 12 heteroatoms. The molecule has 1 amide bonds. The summed E-state index contributed by atoms with van der Waals surface area (Å²) in [6.45, 7) is -0.138. The topological polar surface area (TPSA) is 114 Å². The maximum atomic E-state index is 14.1. The summed E-state index contributed by atoms with van der Waals surface area (Å²) in [4.78, 5) is 22.9. The molecule has 9 nitrogen and oxygen atoms in total.